The first-order chi connectivity index (χ1) is 11.2. The van der Waals surface area contributed by atoms with E-state index in [2.05, 4.69) is 73.0 Å². The lowest BCUT2D eigenvalue weighted by Gasteiger charge is -2.34. The number of carbonyl (C=O) groups excluding carboxylic acids is 1. The number of amides is 1. The monoisotopic (exact) mass is 347 g/mol. The topological polar surface area (TPSA) is 35.6 Å². The molecule has 1 aliphatic rings. The highest BCUT2D eigenvalue weighted by atomic mass is 28.3. The fourth-order valence-corrected chi connectivity index (χ4v) is 4.26. The van der Waals surface area contributed by atoms with Gasteiger partial charge >= 0.3 is 0 Å². The van der Waals surface area contributed by atoms with Gasteiger partial charge in [-0.15, -0.1) is 0 Å². The van der Waals surface area contributed by atoms with Crippen LogP contribution in [-0.2, 0) is 11.2 Å². The van der Waals surface area contributed by atoms with Crippen molar-refractivity contribution in [2.24, 2.45) is 0 Å². The summed E-state index contributed by atoms with van der Waals surface area (Å²) in [6, 6.07) is 8.81. The molecule has 134 valence electrons. The molecule has 1 fully saturated rings. The maximum atomic E-state index is 12.3. The number of piperazine rings is 1. The van der Waals surface area contributed by atoms with Crippen molar-refractivity contribution in [3.8, 4) is 0 Å². The van der Waals surface area contributed by atoms with Gasteiger partial charge in [-0.05, 0) is 19.5 Å². The molecule has 1 unspecified atom stereocenters. The number of benzene rings is 1. The summed E-state index contributed by atoms with van der Waals surface area (Å²) in [7, 11) is 0.901. The van der Waals surface area contributed by atoms with Crippen LogP contribution in [0.15, 0.2) is 24.3 Å². The average molecular weight is 348 g/mol. The third kappa shape index (κ3) is 6.04. The van der Waals surface area contributed by atoms with E-state index in [9.17, 15) is 4.79 Å². The lowest BCUT2D eigenvalue weighted by Crippen LogP contribution is -2.49. The Hall–Kier alpha value is -1.17. The minimum absolute atomic E-state index is 0.123. The van der Waals surface area contributed by atoms with Crippen molar-refractivity contribution in [3.05, 3.63) is 29.8 Å². The van der Waals surface area contributed by atoms with Gasteiger partial charge in [0.05, 0.1) is 14.5 Å². The highest BCUT2D eigenvalue weighted by molar-refractivity contribution is 6.88. The van der Waals surface area contributed by atoms with Crippen LogP contribution in [0.3, 0.4) is 0 Å². The van der Waals surface area contributed by atoms with E-state index in [1.54, 1.807) is 0 Å². The van der Waals surface area contributed by atoms with Crippen LogP contribution in [-0.4, -0.2) is 69.6 Å². The van der Waals surface area contributed by atoms with Crippen molar-refractivity contribution in [1.82, 2.24) is 15.1 Å². The Morgan fingerprint density at radius 1 is 1.12 bits per heavy atom. The molecule has 2 rings (SSSR count). The van der Waals surface area contributed by atoms with Gasteiger partial charge in [0.15, 0.2) is 0 Å². The predicted molar refractivity (Wildman–Crippen MR) is 105 cm³/mol. The second kappa shape index (κ2) is 8.27. The van der Waals surface area contributed by atoms with E-state index in [1.807, 2.05) is 0 Å². The lowest BCUT2D eigenvalue weighted by atomic mass is 10.1. The zero-order valence-electron chi connectivity index (χ0n) is 15.9. The van der Waals surface area contributed by atoms with Gasteiger partial charge < -0.3 is 10.2 Å². The summed E-state index contributed by atoms with van der Waals surface area (Å²) < 4.78 is 0. The fourth-order valence-electron chi connectivity index (χ4n) is 3.10. The number of nitrogens with zero attached hydrogens (tertiary/aromatic N) is 2. The molecule has 0 spiro atoms. The van der Waals surface area contributed by atoms with Gasteiger partial charge in [0.2, 0.25) is 5.91 Å². The largest absolute Gasteiger partial charge is 0.352 e. The van der Waals surface area contributed by atoms with E-state index in [-0.39, 0.29) is 11.9 Å². The quantitative estimate of drug-likeness (QED) is 0.793. The van der Waals surface area contributed by atoms with Crippen LogP contribution >= 0.6 is 0 Å². The van der Waals surface area contributed by atoms with Crippen LogP contribution in [0.2, 0.25) is 19.6 Å². The predicted octanol–water partition coefficient (Wildman–Crippen LogP) is 1.53. The number of hydrogen-bond acceptors (Lipinski definition) is 3. The third-order valence-corrected chi connectivity index (χ3v) is 6.79. The van der Waals surface area contributed by atoms with Crippen LogP contribution in [0, 0.1) is 0 Å². The van der Waals surface area contributed by atoms with Crippen molar-refractivity contribution in [2.45, 2.75) is 39.0 Å². The Labute approximate surface area is 148 Å². The molecule has 1 amide bonds. The van der Waals surface area contributed by atoms with E-state index >= 15 is 0 Å². The van der Waals surface area contributed by atoms with Crippen LogP contribution in [0.5, 0.6) is 0 Å². The summed E-state index contributed by atoms with van der Waals surface area (Å²) in [5.74, 6) is 0.123. The smallest absolute Gasteiger partial charge is 0.224 e. The Morgan fingerprint density at radius 3 is 2.25 bits per heavy atom. The molecule has 0 aromatic heterocycles. The van der Waals surface area contributed by atoms with Crippen LogP contribution in [0.25, 0.3) is 0 Å². The Kier molecular flexibility index (Phi) is 6.60. The van der Waals surface area contributed by atoms with Crippen molar-refractivity contribution >= 4 is 19.2 Å². The van der Waals surface area contributed by atoms with Crippen molar-refractivity contribution < 1.29 is 4.79 Å². The standard InChI is InChI=1S/C19H33N3OSi/c1-16(15-22-12-10-21(2)11-13-22)20-19(23)14-17-6-8-18(9-7-17)24(3,4)5/h6-9,16H,10-15H2,1-5H3,(H,20,23). The lowest BCUT2D eigenvalue weighted by molar-refractivity contribution is -0.121. The van der Waals surface area contributed by atoms with Gasteiger partial charge in [0.1, 0.15) is 0 Å². The zero-order chi connectivity index (χ0) is 17.7. The normalized spacial score (nSPS) is 18.4. The molecule has 1 heterocycles. The molecule has 24 heavy (non-hydrogen) atoms. The molecular weight excluding hydrogens is 314 g/mol. The molecule has 1 saturated heterocycles. The number of hydrogen-bond donors (Lipinski definition) is 1. The van der Waals surface area contributed by atoms with Gasteiger partial charge in [-0.2, -0.15) is 0 Å². The van der Waals surface area contributed by atoms with Gasteiger partial charge in [-0.25, -0.2) is 0 Å². The number of carbonyl (C=O) groups is 1. The molecule has 0 saturated carbocycles. The Bertz CT molecular complexity index is 531. The molecule has 0 radical (unpaired) electrons. The van der Waals surface area contributed by atoms with Crippen LogP contribution in [0.4, 0.5) is 0 Å². The van der Waals surface area contributed by atoms with Gasteiger partial charge in [-0.3, -0.25) is 9.69 Å². The summed E-state index contributed by atoms with van der Waals surface area (Å²) in [5.41, 5.74) is 1.10. The fraction of sp³-hybridized carbons (Fsp3) is 0.632. The van der Waals surface area contributed by atoms with Crippen molar-refractivity contribution in [2.75, 3.05) is 39.8 Å². The molecule has 4 nitrogen and oxygen atoms in total. The Morgan fingerprint density at radius 2 is 1.71 bits per heavy atom. The first kappa shape index (κ1) is 19.2. The van der Waals surface area contributed by atoms with E-state index in [1.165, 1.54) is 5.19 Å². The Balaban J connectivity index is 1.78. The first-order valence-electron chi connectivity index (χ1n) is 9.04. The molecule has 1 aromatic carbocycles. The molecule has 1 atom stereocenters. The summed E-state index contributed by atoms with van der Waals surface area (Å²) >= 11 is 0. The number of rotatable bonds is 6. The highest BCUT2D eigenvalue weighted by Crippen LogP contribution is 2.06. The molecule has 5 heteroatoms. The molecule has 1 aromatic rings. The second-order valence-electron chi connectivity index (χ2n) is 8.20. The summed E-state index contributed by atoms with van der Waals surface area (Å²) in [6.07, 6.45) is 0.471. The van der Waals surface area contributed by atoms with Crippen LogP contribution in [0.1, 0.15) is 12.5 Å². The van der Waals surface area contributed by atoms with E-state index in [0.29, 0.717) is 6.42 Å². The second-order valence-corrected chi connectivity index (χ2v) is 13.3. The summed E-state index contributed by atoms with van der Waals surface area (Å²) in [5, 5.41) is 4.59. The van der Waals surface area contributed by atoms with E-state index < -0.39 is 8.07 Å². The SMILES string of the molecule is CC(CN1CCN(C)CC1)NC(=O)Cc1ccc([Si](C)(C)C)cc1. The maximum Gasteiger partial charge on any atom is 0.224 e. The van der Waals surface area contributed by atoms with E-state index in [4.69, 9.17) is 0 Å². The molecular formula is C19H33N3OSi. The molecule has 1 N–H and O–H groups in total. The van der Waals surface area contributed by atoms with Gasteiger partial charge in [-0.1, -0.05) is 49.1 Å². The third-order valence-electron chi connectivity index (χ3n) is 4.72. The highest BCUT2D eigenvalue weighted by Gasteiger charge is 2.18. The van der Waals surface area contributed by atoms with Crippen LogP contribution < -0.4 is 10.5 Å². The summed E-state index contributed by atoms with van der Waals surface area (Å²) in [6.45, 7) is 14.5. The summed E-state index contributed by atoms with van der Waals surface area (Å²) in [4.78, 5) is 17.1. The number of likely N-dealkylation sites (N-methyl/N-ethyl adjacent to an activating group) is 1. The van der Waals surface area contributed by atoms with E-state index in [0.717, 1.165) is 38.3 Å². The average Bonchev–Trinajstić information content (AvgIpc) is 2.49. The minimum atomic E-state index is -1.26. The first-order valence-corrected chi connectivity index (χ1v) is 12.5. The van der Waals surface area contributed by atoms with Crippen molar-refractivity contribution in [1.29, 1.82) is 0 Å². The minimum Gasteiger partial charge on any atom is -0.352 e. The van der Waals surface area contributed by atoms with Gasteiger partial charge in [0, 0.05) is 38.8 Å². The van der Waals surface area contributed by atoms with Gasteiger partial charge in [0.25, 0.3) is 0 Å². The molecule has 1 aliphatic heterocycles. The van der Waals surface area contributed by atoms with Crippen molar-refractivity contribution in [3.63, 3.8) is 0 Å². The maximum absolute atomic E-state index is 12.3. The zero-order valence-corrected chi connectivity index (χ0v) is 16.9. The molecule has 0 bridgehead atoms. The number of nitrogens with one attached hydrogen (secondary N) is 1. The molecule has 0 aliphatic carbocycles.